The SMILES string of the molecule is CS(=O)(=O)Nc1ccccc1-c1ccc(N2CCCC(NC(=O)Nc3ccc(Cl)cc3)C2=O)cc1F. The van der Waals surface area contributed by atoms with E-state index in [2.05, 4.69) is 15.4 Å². The van der Waals surface area contributed by atoms with Crippen molar-refractivity contribution in [1.82, 2.24) is 5.32 Å². The van der Waals surface area contributed by atoms with Gasteiger partial charge in [0.05, 0.1) is 11.9 Å². The van der Waals surface area contributed by atoms with Crippen LogP contribution in [0.1, 0.15) is 12.8 Å². The molecule has 3 N–H and O–H groups in total. The van der Waals surface area contributed by atoms with Crippen LogP contribution in [-0.4, -0.2) is 39.2 Å². The number of carbonyl (C=O) groups is 2. The zero-order valence-electron chi connectivity index (χ0n) is 19.3. The minimum Gasteiger partial charge on any atom is -0.326 e. The van der Waals surface area contributed by atoms with Gasteiger partial charge < -0.3 is 15.5 Å². The number of amides is 3. The summed E-state index contributed by atoms with van der Waals surface area (Å²) in [6.45, 7) is 0.376. The van der Waals surface area contributed by atoms with Crippen LogP contribution < -0.4 is 20.3 Å². The van der Waals surface area contributed by atoms with E-state index in [1.165, 1.54) is 17.0 Å². The van der Waals surface area contributed by atoms with E-state index in [0.717, 1.165) is 6.26 Å². The first-order valence-electron chi connectivity index (χ1n) is 11.1. The molecule has 0 bridgehead atoms. The molecule has 3 amide bonds. The number of rotatable bonds is 6. The van der Waals surface area contributed by atoms with E-state index in [4.69, 9.17) is 11.6 Å². The van der Waals surface area contributed by atoms with Gasteiger partial charge in [-0.3, -0.25) is 9.52 Å². The van der Waals surface area contributed by atoms with E-state index in [-0.39, 0.29) is 17.2 Å². The van der Waals surface area contributed by atoms with E-state index in [1.807, 2.05) is 0 Å². The highest BCUT2D eigenvalue weighted by molar-refractivity contribution is 7.92. The van der Waals surface area contributed by atoms with E-state index < -0.39 is 27.9 Å². The van der Waals surface area contributed by atoms with Gasteiger partial charge >= 0.3 is 6.03 Å². The summed E-state index contributed by atoms with van der Waals surface area (Å²) >= 11 is 5.85. The van der Waals surface area contributed by atoms with Crippen LogP contribution in [0.2, 0.25) is 5.02 Å². The average molecular weight is 531 g/mol. The van der Waals surface area contributed by atoms with Crippen LogP contribution in [-0.2, 0) is 14.8 Å². The minimum absolute atomic E-state index is 0.187. The molecule has 1 atom stereocenters. The number of halogens is 2. The molecule has 4 rings (SSSR count). The number of piperidine rings is 1. The third-order valence-corrected chi connectivity index (χ3v) is 6.47. The Kier molecular flexibility index (Phi) is 7.46. The molecule has 0 aliphatic carbocycles. The first-order valence-corrected chi connectivity index (χ1v) is 13.4. The fraction of sp³-hybridized carbons (Fsp3) is 0.200. The molecule has 1 unspecified atom stereocenters. The predicted octanol–water partition coefficient (Wildman–Crippen LogP) is 4.83. The Bertz CT molecular complexity index is 1400. The van der Waals surface area contributed by atoms with Crippen LogP contribution >= 0.6 is 11.6 Å². The van der Waals surface area contributed by atoms with E-state index in [9.17, 15) is 18.0 Å². The van der Waals surface area contributed by atoms with Crippen LogP contribution in [0.15, 0.2) is 66.7 Å². The molecule has 3 aromatic rings. The Hall–Kier alpha value is -3.63. The number of urea groups is 1. The lowest BCUT2D eigenvalue weighted by molar-refractivity contribution is -0.121. The molecule has 0 aromatic heterocycles. The van der Waals surface area contributed by atoms with Gasteiger partial charge in [0.25, 0.3) is 0 Å². The molecule has 1 aliphatic heterocycles. The predicted molar refractivity (Wildman–Crippen MR) is 139 cm³/mol. The van der Waals surface area contributed by atoms with Crippen molar-refractivity contribution >= 4 is 50.6 Å². The van der Waals surface area contributed by atoms with Gasteiger partial charge in [-0.05, 0) is 61.4 Å². The van der Waals surface area contributed by atoms with Crippen LogP contribution in [0.5, 0.6) is 0 Å². The fourth-order valence-corrected chi connectivity index (χ4v) is 4.72. The number of hydrogen-bond donors (Lipinski definition) is 3. The summed E-state index contributed by atoms with van der Waals surface area (Å²) in [7, 11) is -3.56. The number of hydrogen-bond acceptors (Lipinski definition) is 4. The third-order valence-electron chi connectivity index (χ3n) is 5.62. The average Bonchev–Trinajstić information content (AvgIpc) is 2.81. The monoisotopic (exact) mass is 530 g/mol. The molecular formula is C25H24ClFN4O4S. The molecule has 1 heterocycles. The van der Waals surface area contributed by atoms with Gasteiger partial charge in [0, 0.05) is 34.1 Å². The highest BCUT2D eigenvalue weighted by Crippen LogP contribution is 2.33. The topological polar surface area (TPSA) is 108 Å². The lowest BCUT2D eigenvalue weighted by Gasteiger charge is -2.32. The van der Waals surface area contributed by atoms with Gasteiger partial charge in [-0.15, -0.1) is 0 Å². The van der Waals surface area contributed by atoms with Crippen molar-refractivity contribution in [3.8, 4) is 11.1 Å². The minimum atomic E-state index is -3.56. The first-order chi connectivity index (χ1) is 17.1. The number of nitrogens with one attached hydrogen (secondary N) is 3. The van der Waals surface area contributed by atoms with Gasteiger partial charge in [0.1, 0.15) is 11.9 Å². The van der Waals surface area contributed by atoms with Gasteiger partial charge in [0.2, 0.25) is 15.9 Å². The second kappa shape index (κ2) is 10.5. The van der Waals surface area contributed by atoms with Crippen molar-refractivity contribution in [1.29, 1.82) is 0 Å². The van der Waals surface area contributed by atoms with Gasteiger partial charge in [0.15, 0.2) is 0 Å². The van der Waals surface area contributed by atoms with Gasteiger partial charge in [-0.25, -0.2) is 17.6 Å². The van der Waals surface area contributed by atoms with Gasteiger partial charge in [-0.2, -0.15) is 0 Å². The van der Waals surface area contributed by atoms with Crippen LogP contribution in [0.25, 0.3) is 11.1 Å². The maximum absolute atomic E-state index is 15.2. The normalized spacial score (nSPS) is 15.9. The molecule has 3 aromatic carbocycles. The number of para-hydroxylation sites is 1. The number of sulfonamides is 1. The lowest BCUT2D eigenvalue weighted by Crippen LogP contribution is -2.53. The smallest absolute Gasteiger partial charge is 0.319 e. The molecule has 0 saturated carbocycles. The quantitative estimate of drug-likeness (QED) is 0.424. The van der Waals surface area contributed by atoms with Crippen molar-refractivity contribution in [2.75, 3.05) is 27.7 Å². The molecule has 1 saturated heterocycles. The van der Waals surface area contributed by atoms with Crippen LogP contribution in [0.3, 0.4) is 0 Å². The molecule has 11 heteroatoms. The van der Waals surface area contributed by atoms with E-state index >= 15 is 4.39 Å². The molecule has 1 aliphatic rings. The Morgan fingerprint density at radius 3 is 2.47 bits per heavy atom. The highest BCUT2D eigenvalue weighted by Gasteiger charge is 2.31. The van der Waals surface area contributed by atoms with E-state index in [1.54, 1.807) is 54.6 Å². The summed E-state index contributed by atoms with van der Waals surface area (Å²) < 4.78 is 41.0. The second-order valence-electron chi connectivity index (χ2n) is 8.37. The van der Waals surface area contributed by atoms with Crippen LogP contribution in [0.4, 0.5) is 26.2 Å². The largest absolute Gasteiger partial charge is 0.326 e. The van der Waals surface area contributed by atoms with E-state index in [0.29, 0.717) is 41.3 Å². The first kappa shape index (κ1) is 25.5. The molecular weight excluding hydrogens is 507 g/mol. The fourth-order valence-electron chi connectivity index (χ4n) is 4.02. The molecule has 0 spiro atoms. The summed E-state index contributed by atoms with van der Waals surface area (Å²) in [6.07, 6.45) is 2.09. The summed E-state index contributed by atoms with van der Waals surface area (Å²) in [4.78, 5) is 26.9. The van der Waals surface area contributed by atoms with Gasteiger partial charge in [-0.1, -0.05) is 29.8 Å². The molecule has 8 nitrogen and oxygen atoms in total. The Labute approximate surface area is 213 Å². The Morgan fingerprint density at radius 1 is 1.06 bits per heavy atom. The lowest BCUT2D eigenvalue weighted by atomic mass is 10.0. The Balaban J connectivity index is 1.50. The van der Waals surface area contributed by atoms with Crippen molar-refractivity contribution < 1.29 is 22.4 Å². The molecule has 1 fully saturated rings. The van der Waals surface area contributed by atoms with Crippen molar-refractivity contribution in [3.63, 3.8) is 0 Å². The number of carbonyl (C=O) groups excluding carboxylic acids is 2. The maximum atomic E-state index is 15.2. The maximum Gasteiger partial charge on any atom is 0.319 e. The zero-order valence-corrected chi connectivity index (χ0v) is 20.9. The molecule has 36 heavy (non-hydrogen) atoms. The van der Waals surface area contributed by atoms with Crippen LogP contribution in [0, 0.1) is 5.82 Å². The third kappa shape index (κ3) is 6.13. The summed E-state index contributed by atoms with van der Waals surface area (Å²) in [5.74, 6) is -0.961. The van der Waals surface area contributed by atoms with Crippen molar-refractivity contribution in [2.45, 2.75) is 18.9 Å². The summed E-state index contributed by atoms with van der Waals surface area (Å²) in [5.41, 5.74) is 1.68. The number of nitrogens with zero attached hydrogens (tertiary/aromatic N) is 1. The van der Waals surface area contributed by atoms with Crippen molar-refractivity contribution in [2.24, 2.45) is 0 Å². The standard InChI is InChI=1S/C25H24ClFN4O4S/c1-36(34,35)30-22-6-3-2-5-20(22)19-13-12-18(15-21(19)27)31-14-4-7-23(24(31)32)29-25(33)28-17-10-8-16(26)9-11-17/h2-3,5-6,8-13,15,23,30H,4,7,14H2,1H3,(H2,28,29,33). The number of benzene rings is 3. The second-order valence-corrected chi connectivity index (χ2v) is 10.6. The number of anilines is 3. The molecule has 188 valence electrons. The summed E-state index contributed by atoms with van der Waals surface area (Å²) in [5, 5.41) is 5.87. The zero-order chi connectivity index (χ0) is 25.9. The Morgan fingerprint density at radius 2 is 1.78 bits per heavy atom. The highest BCUT2D eigenvalue weighted by atomic mass is 35.5. The van der Waals surface area contributed by atoms with Crippen molar-refractivity contribution in [3.05, 3.63) is 77.6 Å². The summed E-state index contributed by atoms with van der Waals surface area (Å²) in [6, 6.07) is 16.1. The molecule has 0 radical (unpaired) electrons.